The highest BCUT2D eigenvalue weighted by atomic mass is 32.2. The van der Waals surface area contributed by atoms with Gasteiger partial charge in [-0.2, -0.15) is 13.2 Å². The molecule has 150 valence electrons. The van der Waals surface area contributed by atoms with Crippen molar-refractivity contribution in [1.29, 1.82) is 0 Å². The quantitative estimate of drug-likeness (QED) is 0.765. The van der Waals surface area contributed by atoms with Crippen LogP contribution in [0.3, 0.4) is 0 Å². The number of fused-ring (bicyclic) bond motifs is 1. The molecule has 1 saturated heterocycles. The summed E-state index contributed by atoms with van der Waals surface area (Å²) in [5.41, 5.74) is 1.83. The largest absolute Gasteiger partial charge is 0.493 e. The fraction of sp³-hybridized carbons (Fsp3) is 0.400. The standard InChI is InChI=1S/C20H20F3NO3S/c21-20(22,23)18-4-1-14(2-5-18)13-28(25,26)24-9-7-17(12-24)15-3-6-19-16(11-15)8-10-27-19/h1-6,11,17H,7-10,12-13H2/t17-/m1/s1. The van der Waals surface area contributed by atoms with Crippen LogP contribution in [0.2, 0.25) is 0 Å². The van der Waals surface area contributed by atoms with Gasteiger partial charge in [-0.3, -0.25) is 0 Å². The van der Waals surface area contributed by atoms with E-state index in [1.807, 2.05) is 12.1 Å². The zero-order valence-electron chi connectivity index (χ0n) is 15.1. The maximum Gasteiger partial charge on any atom is 0.416 e. The summed E-state index contributed by atoms with van der Waals surface area (Å²) < 4.78 is 70.4. The summed E-state index contributed by atoms with van der Waals surface area (Å²) in [5, 5.41) is 0. The van der Waals surface area contributed by atoms with Gasteiger partial charge in [0.1, 0.15) is 5.75 Å². The van der Waals surface area contributed by atoms with E-state index in [-0.39, 0.29) is 11.7 Å². The van der Waals surface area contributed by atoms with Gasteiger partial charge < -0.3 is 4.74 Å². The van der Waals surface area contributed by atoms with Crippen molar-refractivity contribution in [3.05, 3.63) is 64.7 Å². The van der Waals surface area contributed by atoms with Crippen LogP contribution in [0.1, 0.15) is 34.6 Å². The third kappa shape index (κ3) is 3.89. The predicted molar refractivity (Wildman–Crippen MR) is 98.6 cm³/mol. The Bertz CT molecular complexity index is 971. The van der Waals surface area contributed by atoms with Crippen molar-refractivity contribution in [2.75, 3.05) is 19.7 Å². The van der Waals surface area contributed by atoms with E-state index in [0.717, 1.165) is 41.9 Å². The molecule has 1 atom stereocenters. The van der Waals surface area contributed by atoms with E-state index in [2.05, 4.69) is 6.07 Å². The Hall–Kier alpha value is -2.06. The third-order valence-electron chi connectivity index (χ3n) is 5.36. The molecule has 2 aliphatic heterocycles. The Morgan fingerprint density at radius 2 is 1.86 bits per heavy atom. The number of nitrogens with zero attached hydrogens (tertiary/aromatic N) is 1. The first kappa shape index (κ1) is 19.3. The van der Waals surface area contributed by atoms with Gasteiger partial charge in [-0.1, -0.05) is 24.3 Å². The number of hydrogen-bond acceptors (Lipinski definition) is 3. The van der Waals surface area contributed by atoms with Gasteiger partial charge in [0.2, 0.25) is 10.0 Å². The second-order valence-corrected chi connectivity index (χ2v) is 9.23. The minimum atomic E-state index is -4.43. The van der Waals surface area contributed by atoms with Crippen LogP contribution in [0.5, 0.6) is 5.75 Å². The molecule has 0 bridgehead atoms. The molecule has 8 heteroatoms. The molecule has 2 aliphatic rings. The van der Waals surface area contributed by atoms with Gasteiger partial charge in [0, 0.05) is 19.5 Å². The Balaban J connectivity index is 1.44. The first-order valence-electron chi connectivity index (χ1n) is 9.12. The summed E-state index contributed by atoms with van der Waals surface area (Å²) in [7, 11) is -3.59. The highest BCUT2D eigenvalue weighted by Gasteiger charge is 2.33. The Kier molecular flexibility index (Phi) is 4.87. The maximum atomic E-state index is 12.7. The molecular formula is C20H20F3NO3S. The van der Waals surface area contributed by atoms with Crippen molar-refractivity contribution in [3.63, 3.8) is 0 Å². The molecular weight excluding hydrogens is 391 g/mol. The molecule has 0 unspecified atom stereocenters. The summed E-state index contributed by atoms with van der Waals surface area (Å²) in [6, 6.07) is 10.3. The Labute approximate surface area is 162 Å². The van der Waals surface area contributed by atoms with Gasteiger partial charge >= 0.3 is 6.18 Å². The molecule has 4 nitrogen and oxygen atoms in total. The van der Waals surface area contributed by atoms with Crippen LogP contribution in [0, 0.1) is 0 Å². The van der Waals surface area contributed by atoms with Crippen molar-refractivity contribution in [2.45, 2.75) is 30.7 Å². The molecule has 0 aromatic heterocycles. The second-order valence-electron chi connectivity index (χ2n) is 7.26. The zero-order valence-corrected chi connectivity index (χ0v) is 15.9. The molecule has 2 heterocycles. The smallest absolute Gasteiger partial charge is 0.416 e. The van der Waals surface area contributed by atoms with Crippen LogP contribution in [-0.4, -0.2) is 32.4 Å². The average Bonchev–Trinajstić information content (AvgIpc) is 3.30. The van der Waals surface area contributed by atoms with Crippen LogP contribution >= 0.6 is 0 Å². The summed E-state index contributed by atoms with van der Waals surface area (Å²) in [6.07, 6.45) is -2.84. The van der Waals surface area contributed by atoms with E-state index in [9.17, 15) is 21.6 Å². The zero-order chi connectivity index (χ0) is 19.9. The minimum Gasteiger partial charge on any atom is -0.493 e. The third-order valence-corrected chi connectivity index (χ3v) is 7.18. The molecule has 0 radical (unpaired) electrons. The van der Waals surface area contributed by atoms with Crippen LogP contribution in [0.15, 0.2) is 42.5 Å². The summed E-state index contributed by atoms with van der Waals surface area (Å²) in [4.78, 5) is 0. The van der Waals surface area contributed by atoms with Gasteiger partial charge in [0.05, 0.1) is 17.9 Å². The number of hydrogen-bond donors (Lipinski definition) is 0. The lowest BCUT2D eigenvalue weighted by atomic mass is 9.96. The number of halogens is 3. The predicted octanol–water partition coefficient (Wildman–Crippen LogP) is 3.96. The van der Waals surface area contributed by atoms with Gasteiger partial charge in [0.25, 0.3) is 0 Å². The van der Waals surface area contributed by atoms with E-state index in [1.165, 1.54) is 16.4 Å². The van der Waals surface area contributed by atoms with Crippen LogP contribution in [0.4, 0.5) is 13.2 Å². The van der Waals surface area contributed by atoms with E-state index in [4.69, 9.17) is 4.74 Å². The summed E-state index contributed by atoms with van der Waals surface area (Å²) >= 11 is 0. The minimum absolute atomic E-state index is 0.119. The molecule has 0 aliphatic carbocycles. The van der Waals surface area contributed by atoms with Crippen LogP contribution in [0.25, 0.3) is 0 Å². The van der Waals surface area contributed by atoms with Crippen molar-refractivity contribution in [2.24, 2.45) is 0 Å². The summed E-state index contributed by atoms with van der Waals surface area (Å²) in [6.45, 7) is 1.49. The SMILES string of the molecule is O=S(=O)(Cc1ccc(C(F)(F)F)cc1)N1CC[C@@H](c2ccc3c(c2)CCO3)C1. The normalized spacial score (nSPS) is 20.2. The van der Waals surface area contributed by atoms with Crippen molar-refractivity contribution in [3.8, 4) is 5.75 Å². The highest BCUT2D eigenvalue weighted by Crippen LogP contribution is 2.34. The molecule has 28 heavy (non-hydrogen) atoms. The van der Waals surface area contributed by atoms with Gasteiger partial charge in [-0.25, -0.2) is 12.7 Å². The van der Waals surface area contributed by atoms with Crippen molar-refractivity contribution >= 4 is 10.0 Å². The maximum absolute atomic E-state index is 12.7. The van der Waals surface area contributed by atoms with E-state index >= 15 is 0 Å². The molecule has 1 fully saturated rings. The van der Waals surface area contributed by atoms with Crippen molar-refractivity contribution in [1.82, 2.24) is 4.31 Å². The topological polar surface area (TPSA) is 46.6 Å². The molecule has 4 rings (SSSR count). The molecule has 2 aromatic carbocycles. The number of benzene rings is 2. The number of ether oxygens (including phenoxy) is 1. The van der Waals surface area contributed by atoms with Gasteiger partial charge in [-0.05, 0) is 47.2 Å². The lowest BCUT2D eigenvalue weighted by molar-refractivity contribution is -0.137. The fourth-order valence-corrected chi connectivity index (χ4v) is 5.39. The average molecular weight is 411 g/mol. The Morgan fingerprint density at radius 3 is 2.57 bits per heavy atom. The van der Waals surface area contributed by atoms with Crippen LogP contribution in [-0.2, 0) is 28.4 Å². The van der Waals surface area contributed by atoms with E-state index in [1.54, 1.807) is 0 Å². The first-order valence-corrected chi connectivity index (χ1v) is 10.7. The number of rotatable bonds is 4. The van der Waals surface area contributed by atoms with Gasteiger partial charge in [0.15, 0.2) is 0 Å². The van der Waals surface area contributed by atoms with Gasteiger partial charge in [-0.15, -0.1) is 0 Å². The molecule has 0 amide bonds. The molecule has 2 aromatic rings. The Morgan fingerprint density at radius 1 is 1.11 bits per heavy atom. The summed E-state index contributed by atoms with van der Waals surface area (Å²) in [5.74, 6) is 0.720. The first-order chi connectivity index (χ1) is 13.2. The molecule has 0 saturated carbocycles. The second kappa shape index (κ2) is 7.08. The monoisotopic (exact) mass is 411 g/mol. The fourth-order valence-electron chi connectivity index (χ4n) is 3.81. The van der Waals surface area contributed by atoms with Crippen LogP contribution < -0.4 is 4.74 Å². The lowest BCUT2D eigenvalue weighted by Gasteiger charge is -2.17. The molecule has 0 N–H and O–H groups in total. The van der Waals surface area contributed by atoms with E-state index < -0.39 is 21.8 Å². The molecule has 0 spiro atoms. The number of alkyl halides is 3. The highest BCUT2D eigenvalue weighted by molar-refractivity contribution is 7.88. The lowest BCUT2D eigenvalue weighted by Crippen LogP contribution is -2.29. The van der Waals surface area contributed by atoms with E-state index in [0.29, 0.717) is 25.3 Å². The number of sulfonamides is 1. The van der Waals surface area contributed by atoms with Crippen molar-refractivity contribution < 1.29 is 26.3 Å².